The van der Waals surface area contributed by atoms with Gasteiger partial charge in [0.25, 0.3) is 5.91 Å². The Bertz CT molecular complexity index is 947. The van der Waals surface area contributed by atoms with Crippen LogP contribution in [0.25, 0.3) is 11.3 Å². The number of anilines is 1. The SMILES string of the molecule is Cc1ccc(-c2ccc(N3CCN(C(=O)c4ccc(Br)cc4)CC3)nn2)cc1. The van der Waals surface area contributed by atoms with Crippen LogP contribution in [-0.2, 0) is 0 Å². The van der Waals surface area contributed by atoms with Gasteiger partial charge in [0, 0.05) is 41.8 Å². The molecule has 0 atom stereocenters. The van der Waals surface area contributed by atoms with Crippen LogP contribution < -0.4 is 4.90 Å². The lowest BCUT2D eigenvalue weighted by molar-refractivity contribution is 0.0746. The normalized spacial score (nSPS) is 14.2. The number of carbonyl (C=O) groups is 1. The summed E-state index contributed by atoms with van der Waals surface area (Å²) in [5, 5.41) is 8.79. The Labute approximate surface area is 173 Å². The van der Waals surface area contributed by atoms with Crippen LogP contribution >= 0.6 is 15.9 Å². The van der Waals surface area contributed by atoms with Gasteiger partial charge in [-0.05, 0) is 43.3 Å². The molecule has 0 aliphatic carbocycles. The number of halogens is 1. The molecule has 0 radical (unpaired) electrons. The molecule has 1 amide bonds. The maximum absolute atomic E-state index is 12.6. The highest BCUT2D eigenvalue weighted by Gasteiger charge is 2.23. The molecule has 1 aromatic heterocycles. The summed E-state index contributed by atoms with van der Waals surface area (Å²) in [6.07, 6.45) is 0. The molecular weight excluding hydrogens is 416 g/mol. The second kappa shape index (κ2) is 8.10. The lowest BCUT2D eigenvalue weighted by Crippen LogP contribution is -2.49. The average molecular weight is 437 g/mol. The highest BCUT2D eigenvalue weighted by molar-refractivity contribution is 9.10. The summed E-state index contributed by atoms with van der Waals surface area (Å²) < 4.78 is 0.974. The molecule has 3 aromatic rings. The molecule has 0 spiro atoms. The van der Waals surface area contributed by atoms with E-state index in [-0.39, 0.29) is 5.91 Å². The van der Waals surface area contributed by atoms with Crippen molar-refractivity contribution >= 4 is 27.7 Å². The molecule has 0 bridgehead atoms. The lowest BCUT2D eigenvalue weighted by atomic mass is 10.1. The predicted octanol–water partition coefficient (Wildman–Crippen LogP) is 4.18. The second-order valence-corrected chi connectivity index (χ2v) is 7.84. The monoisotopic (exact) mass is 436 g/mol. The van der Waals surface area contributed by atoms with Crippen LogP contribution in [0.3, 0.4) is 0 Å². The van der Waals surface area contributed by atoms with E-state index in [2.05, 4.69) is 62.2 Å². The van der Waals surface area contributed by atoms with E-state index >= 15 is 0 Å². The van der Waals surface area contributed by atoms with Crippen molar-refractivity contribution in [2.75, 3.05) is 31.1 Å². The zero-order chi connectivity index (χ0) is 19.5. The third kappa shape index (κ3) is 4.07. The first kappa shape index (κ1) is 18.6. The van der Waals surface area contributed by atoms with Crippen LogP contribution in [0.5, 0.6) is 0 Å². The number of nitrogens with zero attached hydrogens (tertiary/aromatic N) is 4. The third-order valence-electron chi connectivity index (χ3n) is 4.98. The summed E-state index contributed by atoms with van der Waals surface area (Å²) >= 11 is 3.40. The number of hydrogen-bond acceptors (Lipinski definition) is 4. The Hall–Kier alpha value is -2.73. The van der Waals surface area contributed by atoms with Gasteiger partial charge in [0.2, 0.25) is 0 Å². The van der Waals surface area contributed by atoms with Gasteiger partial charge in [-0.2, -0.15) is 0 Å². The van der Waals surface area contributed by atoms with Gasteiger partial charge in [-0.25, -0.2) is 0 Å². The molecule has 1 aliphatic heterocycles. The van der Waals surface area contributed by atoms with E-state index in [1.54, 1.807) is 0 Å². The van der Waals surface area contributed by atoms with Crippen molar-refractivity contribution in [3.05, 3.63) is 76.3 Å². The molecule has 1 fully saturated rings. The van der Waals surface area contributed by atoms with Crippen molar-refractivity contribution in [2.45, 2.75) is 6.92 Å². The van der Waals surface area contributed by atoms with Gasteiger partial charge in [-0.3, -0.25) is 4.79 Å². The van der Waals surface area contributed by atoms with Crippen LogP contribution in [0.4, 0.5) is 5.82 Å². The standard InChI is InChI=1S/C22H21BrN4O/c1-16-2-4-17(5-3-16)20-10-11-21(25-24-20)26-12-14-27(15-13-26)22(28)18-6-8-19(23)9-7-18/h2-11H,12-15H2,1H3. The van der Waals surface area contributed by atoms with Gasteiger partial charge in [0.05, 0.1) is 5.69 Å². The average Bonchev–Trinajstić information content (AvgIpc) is 2.75. The number of piperazine rings is 1. The highest BCUT2D eigenvalue weighted by atomic mass is 79.9. The van der Waals surface area contributed by atoms with Crippen LogP contribution in [-0.4, -0.2) is 47.2 Å². The summed E-state index contributed by atoms with van der Waals surface area (Å²) in [7, 11) is 0. The van der Waals surface area contributed by atoms with Crippen molar-refractivity contribution in [1.29, 1.82) is 0 Å². The highest BCUT2D eigenvalue weighted by Crippen LogP contribution is 2.20. The number of aryl methyl sites for hydroxylation is 1. The quantitative estimate of drug-likeness (QED) is 0.617. The molecule has 0 unspecified atom stereocenters. The molecular formula is C22H21BrN4O. The van der Waals surface area contributed by atoms with Gasteiger partial charge >= 0.3 is 0 Å². The Morgan fingerprint density at radius 3 is 2.14 bits per heavy atom. The maximum atomic E-state index is 12.6. The first-order valence-corrected chi connectivity index (χ1v) is 10.1. The fourth-order valence-corrected chi connectivity index (χ4v) is 3.55. The molecule has 0 saturated carbocycles. The minimum atomic E-state index is 0.0768. The summed E-state index contributed by atoms with van der Waals surface area (Å²) in [6, 6.07) is 19.8. The Balaban J connectivity index is 1.39. The molecule has 28 heavy (non-hydrogen) atoms. The molecule has 142 valence electrons. The maximum Gasteiger partial charge on any atom is 0.253 e. The molecule has 2 heterocycles. The van der Waals surface area contributed by atoms with Gasteiger partial charge < -0.3 is 9.80 Å². The van der Waals surface area contributed by atoms with Crippen molar-refractivity contribution < 1.29 is 4.79 Å². The van der Waals surface area contributed by atoms with E-state index < -0.39 is 0 Å². The number of hydrogen-bond donors (Lipinski definition) is 0. The smallest absolute Gasteiger partial charge is 0.253 e. The zero-order valence-corrected chi connectivity index (χ0v) is 17.3. The van der Waals surface area contributed by atoms with Crippen LogP contribution in [0, 0.1) is 6.92 Å². The summed E-state index contributed by atoms with van der Waals surface area (Å²) in [5.74, 6) is 0.930. The van der Waals surface area contributed by atoms with E-state index in [0.717, 1.165) is 40.2 Å². The van der Waals surface area contributed by atoms with Crippen LogP contribution in [0.1, 0.15) is 15.9 Å². The minimum Gasteiger partial charge on any atom is -0.352 e. The van der Waals surface area contributed by atoms with E-state index in [1.807, 2.05) is 41.3 Å². The summed E-state index contributed by atoms with van der Waals surface area (Å²) in [6.45, 7) is 4.92. The molecule has 0 N–H and O–H groups in total. The van der Waals surface area contributed by atoms with E-state index in [9.17, 15) is 4.79 Å². The fraction of sp³-hybridized carbons (Fsp3) is 0.227. The molecule has 1 aliphatic rings. The predicted molar refractivity (Wildman–Crippen MR) is 114 cm³/mol. The number of aromatic nitrogens is 2. The van der Waals surface area contributed by atoms with Gasteiger partial charge in [-0.1, -0.05) is 45.8 Å². The summed E-state index contributed by atoms with van der Waals surface area (Å²) in [4.78, 5) is 16.7. The van der Waals surface area contributed by atoms with Crippen LogP contribution in [0.15, 0.2) is 65.1 Å². The van der Waals surface area contributed by atoms with Crippen LogP contribution in [0.2, 0.25) is 0 Å². The number of benzene rings is 2. The zero-order valence-electron chi connectivity index (χ0n) is 15.7. The van der Waals surface area contributed by atoms with E-state index in [4.69, 9.17) is 0 Å². The third-order valence-corrected chi connectivity index (χ3v) is 5.51. The van der Waals surface area contributed by atoms with Crippen molar-refractivity contribution in [2.24, 2.45) is 0 Å². The number of carbonyl (C=O) groups excluding carboxylic acids is 1. The van der Waals surface area contributed by atoms with Crippen molar-refractivity contribution in [1.82, 2.24) is 15.1 Å². The van der Waals surface area contributed by atoms with Crippen molar-refractivity contribution in [3.63, 3.8) is 0 Å². The second-order valence-electron chi connectivity index (χ2n) is 6.93. The topological polar surface area (TPSA) is 49.3 Å². The van der Waals surface area contributed by atoms with Crippen molar-refractivity contribution in [3.8, 4) is 11.3 Å². The first-order chi connectivity index (χ1) is 13.6. The molecule has 4 rings (SSSR count). The molecule has 2 aromatic carbocycles. The van der Waals surface area contributed by atoms with Gasteiger partial charge in [0.15, 0.2) is 5.82 Å². The molecule has 6 heteroatoms. The first-order valence-electron chi connectivity index (χ1n) is 9.31. The number of rotatable bonds is 3. The fourth-order valence-electron chi connectivity index (χ4n) is 3.29. The Kier molecular flexibility index (Phi) is 5.39. The Morgan fingerprint density at radius 2 is 1.54 bits per heavy atom. The van der Waals surface area contributed by atoms with E-state index in [0.29, 0.717) is 13.1 Å². The lowest BCUT2D eigenvalue weighted by Gasteiger charge is -2.35. The van der Waals surface area contributed by atoms with E-state index in [1.165, 1.54) is 5.56 Å². The Morgan fingerprint density at radius 1 is 0.857 bits per heavy atom. The van der Waals surface area contributed by atoms with Gasteiger partial charge in [0.1, 0.15) is 0 Å². The summed E-state index contributed by atoms with van der Waals surface area (Å²) in [5.41, 5.74) is 3.88. The minimum absolute atomic E-state index is 0.0768. The number of amides is 1. The largest absolute Gasteiger partial charge is 0.352 e. The molecule has 5 nitrogen and oxygen atoms in total. The van der Waals surface area contributed by atoms with Gasteiger partial charge in [-0.15, -0.1) is 10.2 Å². The molecule has 1 saturated heterocycles.